The zero-order valence-electron chi connectivity index (χ0n) is 9.47. The van der Waals surface area contributed by atoms with Gasteiger partial charge >= 0.3 is 0 Å². The monoisotopic (exact) mass is 243 g/mol. The molecule has 0 radical (unpaired) electrons. The van der Waals surface area contributed by atoms with Crippen LogP contribution in [0, 0.1) is 5.41 Å². The number of benzene rings is 1. The predicted octanol–water partition coefficient (Wildman–Crippen LogP) is 1.25. The summed E-state index contributed by atoms with van der Waals surface area (Å²) in [7, 11) is -3.50. The van der Waals surface area contributed by atoms with E-state index in [1.165, 1.54) is 0 Å². The molecule has 4 nitrogen and oxygen atoms in total. The zero-order valence-corrected chi connectivity index (χ0v) is 10.3. The number of hydrogen-bond donors (Lipinski definition) is 2. The highest BCUT2D eigenvalue weighted by atomic mass is 32.2. The second-order valence-electron chi connectivity index (χ2n) is 4.78. The van der Waals surface area contributed by atoms with Crippen LogP contribution in [0.5, 0.6) is 5.75 Å². The molecule has 0 amide bonds. The van der Waals surface area contributed by atoms with Gasteiger partial charge in [-0.25, -0.2) is 13.6 Å². The Hall–Kier alpha value is -1.07. The Morgan fingerprint density at radius 1 is 1.31 bits per heavy atom. The van der Waals surface area contributed by atoms with E-state index in [2.05, 4.69) is 0 Å². The number of rotatable bonds is 4. The average molecular weight is 243 g/mol. The van der Waals surface area contributed by atoms with Gasteiger partial charge in [0.15, 0.2) is 0 Å². The second-order valence-corrected chi connectivity index (χ2v) is 6.39. The molecular weight excluding hydrogens is 226 g/mol. The molecule has 0 unspecified atom stereocenters. The van der Waals surface area contributed by atoms with Gasteiger partial charge in [-0.15, -0.1) is 0 Å². The maximum atomic E-state index is 11.0. The Balaban J connectivity index is 2.85. The summed E-state index contributed by atoms with van der Waals surface area (Å²) in [4.78, 5) is 0. The Kier molecular flexibility index (Phi) is 3.60. The molecule has 0 fully saturated rings. The normalized spacial score (nSPS) is 12.7. The molecule has 3 N–H and O–H groups in total. The average Bonchev–Trinajstić information content (AvgIpc) is 2.04. The lowest BCUT2D eigenvalue weighted by Gasteiger charge is -2.23. The Morgan fingerprint density at radius 3 is 2.38 bits per heavy atom. The lowest BCUT2D eigenvalue weighted by Crippen LogP contribution is -2.30. The molecule has 1 rings (SSSR count). The van der Waals surface area contributed by atoms with E-state index in [0.29, 0.717) is 6.42 Å². The quantitative estimate of drug-likeness (QED) is 0.835. The van der Waals surface area contributed by atoms with Gasteiger partial charge in [0, 0.05) is 0 Å². The second kappa shape index (κ2) is 4.43. The number of nitrogens with two attached hydrogens (primary N) is 1. The molecule has 0 aromatic heterocycles. The number of sulfonamides is 1. The van der Waals surface area contributed by atoms with Crippen LogP contribution < -0.4 is 5.14 Å². The van der Waals surface area contributed by atoms with Crippen LogP contribution in [0.4, 0.5) is 0 Å². The van der Waals surface area contributed by atoms with E-state index < -0.39 is 15.4 Å². The third-order valence-corrected chi connectivity index (χ3v) is 3.44. The van der Waals surface area contributed by atoms with Crippen molar-refractivity contribution >= 4 is 10.0 Å². The van der Waals surface area contributed by atoms with Crippen LogP contribution in [0.15, 0.2) is 24.3 Å². The summed E-state index contributed by atoms with van der Waals surface area (Å²) in [6.07, 6.45) is 0.468. The summed E-state index contributed by atoms with van der Waals surface area (Å²) in [5.74, 6) is 0.0823. The number of aromatic hydroxyl groups is 1. The van der Waals surface area contributed by atoms with Crippen LogP contribution in [0.3, 0.4) is 0 Å². The Labute approximate surface area is 96.2 Å². The first-order chi connectivity index (χ1) is 7.20. The van der Waals surface area contributed by atoms with Crippen LogP contribution in [-0.4, -0.2) is 19.3 Å². The first kappa shape index (κ1) is 13.0. The van der Waals surface area contributed by atoms with Gasteiger partial charge in [-0.1, -0.05) is 32.0 Å². The van der Waals surface area contributed by atoms with E-state index in [0.717, 1.165) is 5.56 Å². The van der Waals surface area contributed by atoms with Crippen LogP contribution in [0.1, 0.15) is 19.4 Å². The Bertz CT molecular complexity index is 466. The maximum absolute atomic E-state index is 11.0. The minimum Gasteiger partial charge on any atom is -0.508 e. The maximum Gasteiger partial charge on any atom is 0.209 e. The molecule has 0 aliphatic carbocycles. The molecule has 0 heterocycles. The molecule has 0 atom stereocenters. The summed E-state index contributed by atoms with van der Waals surface area (Å²) >= 11 is 0. The third kappa shape index (κ3) is 4.20. The Morgan fingerprint density at radius 2 is 1.88 bits per heavy atom. The summed E-state index contributed by atoms with van der Waals surface area (Å²) < 4.78 is 22.1. The van der Waals surface area contributed by atoms with E-state index in [9.17, 15) is 13.5 Å². The fourth-order valence-corrected chi connectivity index (χ4v) is 2.96. The van der Waals surface area contributed by atoms with Crippen LogP contribution >= 0.6 is 0 Å². The van der Waals surface area contributed by atoms with Crippen molar-refractivity contribution in [3.63, 3.8) is 0 Å². The molecule has 1 aromatic rings. The zero-order chi connectivity index (χ0) is 12.4. The SMILES string of the molecule is CC(C)(Cc1ccccc1O)CS(N)(=O)=O. The van der Waals surface area contributed by atoms with Crippen molar-refractivity contribution in [1.29, 1.82) is 0 Å². The number of para-hydroxylation sites is 1. The van der Waals surface area contributed by atoms with Crippen molar-refractivity contribution in [2.24, 2.45) is 10.6 Å². The van der Waals surface area contributed by atoms with E-state index in [1.807, 2.05) is 19.9 Å². The molecule has 0 aliphatic heterocycles. The van der Waals surface area contributed by atoms with Crippen molar-refractivity contribution in [1.82, 2.24) is 0 Å². The summed E-state index contributed by atoms with van der Waals surface area (Å²) in [5, 5.41) is 14.6. The van der Waals surface area contributed by atoms with Crippen LogP contribution in [0.2, 0.25) is 0 Å². The van der Waals surface area contributed by atoms with Crippen LogP contribution in [-0.2, 0) is 16.4 Å². The molecule has 90 valence electrons. The summed E-state index contributed by atoms with van der Waals surface area (Å²) in [6, 6.07) is 6.90. The summed E-state index contributed by atoms with van der Waals surface area (Å²) in [5.41, 5.74) is 0.239. The smallest absolute Gasteiger partial charge is 0.209 e. The summed E-state index contributed by atoms with van der Waals surface area (Å²) in [6.45, 7) is 3.62. The minimum absolute atomic E-state index is 0.103. The highest BCUT2D eigenvalue weighted by molar-refractivity contribution is 7.89. The topological polar surface area (TPSA) is 80.4 Å². The number of phenols is 1. The van der Waals surface area contributed by atoms with E-state index in [1.54, 1.807) is 18.2 Å². The molecule has 0 saturated carbocycles. The van der Waals surface area contributed by atoms with Gasteiger partial charge in [0.2, 0.25) is 10.0 Å². The standard InChI is InChI=1S/C11H17NO3S/c1-11(2,8-16(12,14)15)7-9-5-3-4-6-10(9)13/h3-6,13H,7-8H2,1-2H3,(H2,12,14,15). The fourth-order valence-electron chi connectivity index (χ4n) is 1.77. The molecule has 1 aromatic carbocycles. The van der Waals surface area contributed by atoms with E-state index in [-0.39, 0.29) is 11.5 Å². The van der Waals surface area contributed by atoms with Crippen molar-refractivity contribution in [2.75, 3.05) is 5.75 Å². The van der Waals surface area contributed by atoms with E-state index in [4.69, 9.17) is 5.14 Å². The van der Waals surface area contributed by atoms with Crippen molar-refractivity contribution in [3.8, 4) is 5.75 Å². The minimum atomic E-state index is -3.50. The van der Waals surface area contributed by atoms with Crippen LogP contribution in [0.25, 0.3) is 0 Å². The van der Waals surface area contributed by atoms with Gasteiger partial charge in [0.25, 0.3) is 0 Å². The molecule has 0 spiro atoms. The van der Waals surface area contributed by atoms with Gasteiger partial charge in [-0.05, 0) is 23.5 Å². The largest absolute Gasteiger partial charge is 0.508 e. The van der Waals surface area contributed by atoms with Crippen molar-refractivity contribution in [2.45, 2.75) is 20.3 Å². The fraction of sp³-hybridized carbons (Fsp3) is 0.455. The van der Waals surface area contributed by atoms with Gasteiger partial charge in [-0.3, -0.25) is 0 Å². The van der Waals surface area contributed by atoms with Gasteiger partial charge in [-0.2, -0.15) is 0 Å². The molecule has 0 saturated heterocycles. The number of primary sulfonamides is 1. The molecule has 5 heteroatoms. The van der Waals surface area contributed by atoms with Gasteiger partial charge in [0.05, 0.1) is 5.75 Å². The number of phenolic OH excluding ortho intramolecular Hbond substituents is 1. The molecule has 0 bridgehead atoms. The lowest BCUT2D eigenvalue weighted by molar-refractivity contribution is 0.394. The lowest BCUT2D eigenvalue weighted by atomic mass is 9.87. The molecule has 0 aliphatic rings. The van der Waals surface area contributed by atoms with Crippen molar-refractivity contribution in [3.05, 3.63) is 29.8 Å². The van der Waals surface area contributed by atoms with E-state index >= 15 is 0 Å². The first-order valence-corrected chi connectivity index (χ1v) is 6.68. The highest BCUT2D eigenvalue weighted by Crippen LogP contribution is 2.27. The number of hydrogen-bond acceptors (Lipinski definition) is 3. The van der Waals surface area contributed by atoms with Gasteiger partial charge in [0.1, 0.15) is 5.75 Å². The molecule has 16 heavy (non-hydrogen) atoms. The predicted molar refractivity (Wildman–Crippen MR) is 63.6 cm³/mol. The first-order valence-electron chi connectivity index (χ1n) is 4.97. The van der Waals surface area contributed by atoms with Crippen molar-refractivity contribution < 1.29 is 13.5 Å². The molecular formula is C11H17NO3S. The highest BCUT2D eigenvalue weighted by Gasteiger charge is 2.25. The third-order valence-electron chi connectivity index (χ3n) is 2.25. The van der Waals surface area contributed by atoms with Gasteiger partial charge < -0.3 is 5.11 Å².